The summed E-state index contributed by atoms with van der Waals surface area (Å²) in [7, 11) is 0. The first-order chi connectivity index (χ1) is 18.8. The number of benzene rings is 2. The molecule has 0 spiro atoms. The van der Waals surface area contributed by atoms with Gasteiger partial charge in [-0.15, -0.1) is 0 Å². The molecule has 0 aromatic heterocycles. The van der Waals surface area contributed by atoms with E-state index in [1.807, 2.05) is 6.92 Å². The molecule has 10 heteroatoms. The number of carbonyl (C=O) groups is 5. The topological polar surface area (TPSA) is 123 Å². The molecule has 2 aromatic carbocycles. The largest absolute Gasteiger partial charge is 0.462 e. The fraction of sp³-hybridized carbons (Fsp3) is 0.310. The quantitative estimate of drug-likeness (QED) is 0.168. The number of anilines is 1. The van der Waals surface area contributed by atoms with Gasteiger partial charge < -0.3 is 9.47 Å². The number of rotatable bonds is 8. The summed E-state index contributed by atoms with van der Waals surface area (Å²) in [5, 5.41) is 5.87. The summed E-state index contributed by atoms with van der Waals surface area (Å²) in [6.07, 6.45) is 6.64. The molecule has 39 heavy (non-hydrogen) atoms. The maximum Gasteiger partial charge on any atom is 0.338 e. The van der Waals surface area contributed by atoms with E-state index in [4.69, 9.17) is 9.47 Å². The van der Waals surface area contributed by atoms with Gasteiger partial charge in [0, 0.05) is 18.7 Å². The van der Waals surface area contributed by atoms with E-state index >= 15 is 0 Å². The van der Waals surface area contributed by atoms with E-state index in [2.05, 4.69) is 5.10 Å². The number of unbranched alkanes of at least 4 members (excludes halogenated alkanes) is 1. The molecular weight excluding hydrogens is 502 g/mol. The third-order valence-electron chi connectivity index (χ3n) is 7.05. The number of hydrazone groups is 1. The lowest BCUT2D eigenvalue weighted by atomic mass is 9.86. The number of carbonyl (C=O) groups excluding carboxylic acids is 5. The molecule has 200 valence electrons. The summed E-state index contributed by atoms with van der Waals surface area (Å²) in [6, 6.07) is 10.6. The van der Waals surface area contributed by atoms with Crippen LogP contribution in [0.15, 0.2) is 65.8 Å². The number of esters is 2. The van der Waals surface area contributed by atoms with Gasteiger partial charge in [-0.1, -0.05) is 19.4 Å². The van der Waals surface area contributed by atoms with Crippen molar-refractivity contribution in [3.63, 3.8) is 0 Å². The van der Waals surface area contributed by atoms with Crippen LogP contribution in [-0.2, 0) is 19.1 Å². The van der Waals surface area contributed by atoms with Crippen molar-refractivity contribution in [1.82, 2.24) is 5.01 Å². The molecule has 5 rings (SSSR count). The zero-order valence-electron chi connectivity index (χ0n) is 21.5. The number of hydrogen-bond acceptors (Lipinski definition) is 9. The number of imide groups is 1. The summed E-state index contributed by atoms with van der Waals surface area (Å²) in [5.74, 6) is -3.74. The smallest absolute Gasteiger partial charge is 0.338 e. The van der Waals surface area contributed by atoms with Gasteiger partial charge in [-0.05, 0) is 61.0 Å². The number of amides is 2. The number of Topliss-reactive ketones (excluding diaryl/α,β-unsaturated/α-hetero) is 1. The average molecular weight is 530 g/mol. The van der Waals surface area contributed by atoms with E-state index in [1.165, 1.54) is 66.7 Å². The van der Waals surface area contributed by atoms with Crippen molar-refractivity contribution in [2.45, 2.75) is 38.8 Å². The highest BCUT2D eigenvalue weighted by molar-refractivity contribution is 6.24. The van der Waals surface area contributed by atoms with Gasteiger partial charge in [0.2, 0.25) is 11.8 Å². The number of nitrogens with zero attached hydrogens (tertiary/aromatic N) is 3. The second kappa shape index (κ2) is 10.6. The minimum Gasteiger partial charge on any atom is -0.462 e. The first-order valence-electron chi connectivity index (χ1n) is 12.8. The van der Waals surface area contributed by atoms with Crippen LogP contribution in [0.2, 0.25) is 0 Å². The number of fused-ring (bicyclic) bond motifs is 3. The van der Waals surface area contributed by atoms with Crippen molar-refractivity contribution in [2.75, 3.05) is 11.5 Å². The van der Waals surface area contributed by atoms with E-state index in [1.54, 1.807) is 12.2 Å². The maximum absolute atomic E-state index is 13.8. The molecule has 4 atom stereocenters. The lowest BCUT2D eigenvalue weighted by molar-refractivity contribution is -0.132. The number of ether oxygens (including phenoxy) is 2. The van der Waals surface area contributed by atoms with Gasteiger partial charge in [0.15, 0.2) is 5.78 Å². The Morgan fingerprint density at radius 2 is 1.59 bits per heavy atom. The van der Waals surface area contributed by atoms with E-state index in [9.17, 15) is 24.0 Å². The monoisotopic (exact) mass is 529 g/mol. The van der Waals surface area contributed by atoms with Crippen LogP contribution in [0.5, 0.6) is 5.75 Å². The second-order valence-electron chi connectivity index (χ2n) is 9.55. The van der Waals surface area contributed by atoms with E-state index in [-0.39, 0.29) is 11.5 Å². The molecule has 0 bridgehead atoms. The van der Waals surface area contributed by atoms with Crippen molar-refractivity contribution < 1.29 is 33.4 Å². The number of ketones is 1. The molecule has 2 amide bonds. The Balaban J connectivity index is 1.41. The van der Waals surface area contributed by atoms with Gasteiger partial charge in [0.05, 0.1) is 35.7 Å². The first kappa shape index (κ1) is 26.0. The van der Waals surface area contributed by atoms with Crippen LogP contribution >= 0.6 is 0 Å². The van der Waals surface area contributed by atoms with Crippen LogP contribution in [0, 0.1) is 11.8 Å². The van der Waals surface area contributed by atoms with Gasteiger partial charge in [0.25, 0.3) is 0 Å². The summed E-state index contributed by atoms with van der Waals surface area (Å²) in [5.41, 5.74) is 0.927. The lowest BCUT2D eigenvalue weighted by Gasteiger charge is -2.30. The van der Waals surface area contributed by atoms with Gasteiger partial charge >= 0.3 is 11.9 Å². The van der Waals surface area contributed by atoms with E-state index in [0.29, 0.717) is 23.4 Å². The van der Waals surface area contributed by atoms with Crippen molar-refractivity contribution in [3.8, 4) is 5.75 Å². The summed E-state index contributed by atoms with van der Waals surface area (Å²) >= 11 is 0. The summed E-state index contributed by atoms with van der Waals surface area (Å²) < 4.78 is 10.3. The van der Waals surface area contributed by atoms with Crippen LogP contribution < -0.4 is 9.64 Å². The van der Waals surface area contributed by atoms with Crippen LogP contribution in [-0.4, -0.2) is 59.5 Å². The van der Waals surface area contributed by atoms with Gasteiger partial charge in [-0.3, -0.25) is 24.2 Å². The van der Waals surface area contributed by atoms with Crippen LogP contribution in [0.4, 0.5) is 5.69 Å². The summed E-state index contributed by atoms with van der Waals surface area (Å²) in [4.78, 5) is 65.7. The molecule has 3 aliphatic heterocycles. The first-order valence-corrected chi connectivity index (χ1v) is 12.8. The minimum absolute atomic E-state index is 0.288. The fourth-order valence-corrected chi connectivity index (χ4v) is 5.25. The standard InChI is InChI=1S/C29H27N3O7/c1-3-4-16-38-29(37)19-7-11-20(12-8-19)31-27(35)23-22-6-5-15-30-32(22)25(24(23)28(31)36)26(34)18-9-13-21(14-10-18)39-17(2)33/h5-15,22-25H,3-4,16H2,1-2H3/t22-,23-,24-,25+/m0/s1. The molecule has 0 N–H and O–H groups in total. The minimum atomic E-state index is -1.00. The molecule has 3 heterocycles. The summed E-state index contributed by atoms with van der Waals surface area (Å²) in [6.45, 7) is 3.59. The number of hydrogen-bond donors (Lipinski definition) is 0. The van der Waals surface area contributed by atoms with Crippen molar-refractivity contribution in [3.05, 3.63) is 71.8 Å². The van der Waals surface area contributed by atoms with Crippen LogP contribution in [0.25, 0.3) is 0 Å². The second-order valence-corrected chi connectivity index (χ2v) is 9.55. The fourth-order valence-electron chi connectivity index (χ4n) is 5.25. The Morgan fingerprint density at radius 3 is 2.26 bits per heavy atom. The lowest BCUT2D eigenvalue weighted by Crippen LogP contribution is -2.46. The highest BCUT2D eigenvalue weighted by Gasteiger charge is 2.64. The van der Waals surface area contributed by atoms with E-state index in [0.717, 1.165) is 17.7 Å². The Morgan fingerprint density at radius 1 is 0.923 bits per heavy atom. The molecule has 0 aliphatic carbocycles. The zero-order valence-corrected chi connectivity index (χ0v) is 21.5. The Bertz CT molecular complexity index is 1380. The molecule has 2 aromatic rings. The highest BCUT2D eigenvalue weighted by Crippen LogP contribution is 2.46. The normalized spacial score (nSPS) is 23.0. The van der Waals surface area contributed by atoms with Crippen molar-refractivity contribution in [1.29, 1.82) is 0 Å². The van der Waals surface area contributed by atoms with Gasteiger partial charge in [-0.2, -0.15) is 5.10 Å². The molecule has 3 aliphatic rings. The molecule has 2 saturated heterocycles. The third-order valence-corrected chi connectivity index (χ3v) is 7.05. The Hall–Kier alpha value is -4.60. The molecule has 0 saturated carbocycles. The Kier molecular flexibility index (Phi) is 7.10. The maximum atomic E-state index is 13.8. The molecule has 0 unspecified atom stereocenters. The average Bonchev–Trinajstić information content (AvgIpc) is 3.41. The predicted octanol–water partition coefficient (Wildman–Crippen LogP) is 3.17. The number of allylic oxidation sites excluding steroid dienone is 1. The molecule has 0 radical (unpaired) electrons. The Labute approximate surface area is 224 Å². The van der Waals surface area contributed by atoms with Gasteiger partial charge in [-0.25, -0.2) is 9.69 Å². The van der Waals surface area contributed by atoms with Crippen LogP contribution in [0.3, 0.4) is 0 Å². The predicted molar refractivity (Wildman–Crippen MR) is 140 cm³/mol. The molecule has 10 nitrogen and oxygen atoms in total. The van der Waals surface area contributed by atoms with Gasteiger partial charge in [0.1, 0.15) is 11.8 Å². The van der Waals surface area contributed by atoms with Crippen molar-refractivity contribution >= 4 is 41.4 Å². The van der Waals surface area contributed by atoms with Crippen molar-refractivity contribution in [2.24, 2.45) is 16.9 Å². The highest BCUT2D eigenvalue weighted by atomic mass is 16.5. The third kappa shape index (κ3) is 4.73. The van der Waals surface area contributed by atoms with E-state index < -0.39 is 47.7 Å². The molecule has 2 fully saturated rings. The zero-order chi connectivity index (χ0) is 27.7. The molecular formula is C29H27N3O7. The van der Waals surface area contributed by atoms with Crippen LogP contribution in [0.1, 0.15) is 47.4 Å². The SMILES string of the molecule is CCCCOC(=O)c1ccc(N2C(=O)[C@@H]3[C@H](C2=O)[C@H](C(=O)c2ccc(OC(C)=O)cc2)N2N=CC=C[C@@H]32)cc1.